The molecule has 2 nitrogen and oxygen atoms in total. The Hall–Kier alpha value is -1.70. The third-order valence-corrected chi connectivity index (χ3v) is 2.49. The van der Waals surface area contributed by atoms with E-state index in [0.29, 0.717) is 5.75 Å². The Labute approximate surface area is 89.5 Å². The van der Waals surface area contributed by atoms with Gasteiger partial charge < -0.3 is 9.84 Å². The number of methoxy groups -OCH3 is 1. The fourth-order valence-corrected chi connectivity index (χ4v) is 1.69. The van der Waals surface area contributed by atoms with Crippen molar-refractivity contribution in [2.45, 2.75) is 12.8 Å². The Morgan fingerprint density at radius 2 is 2.27 bits per heavy atom. The lowest BCUT2D eigenvalue weighted by molar-refractivity contribution is 0.373. The number of rotatable bonds is 2. The highest BCUT2D eigenvalue weighted by Gasteiger charge is 2.03. The minimum absolute atomic E-state index is 0.182. The first kappa shape index (κ1) is 9.84. The maximum Gasteiger partial charge on any atom is 0.161 e. The van der Waals surface area contributed by atoms with E-state index in [9.17, 15) is 5.11 Å². The van der Waals surface area contributed by atoms with Crippen LogP contribution in [0.2, 0.25) is 0 Å². The summed E-state index contributed by atoms with van der Waals surface area (Å²) in [5, 5.41) is 9.44. The summed E-state index contributed by atoms with van der Waals surface area (Å²) in [6.07, 6.45) is 8.65. The Kier molecular flexibility index (Phi) is 2.77. The maximum absolute atomic E-state index is 9.44. The molecule has 0 saturated carbocycles. The first-order valence-electron chi connectivity index (χ1n) is 5.04. The van der Waals surface area contributed by atoms with Crippen LogP contribution in [0.4, 0.5) is 0 Å². The molecule has 0 bridgehead atoms. The van der Waals surface area contributed by atoms with Crippen molar-refractivity contribution in [2.75, 3.05) is 7.11 Å². The molecule has 0 radical (unpaired) electrons. The third-order valence-electron chi connectivity index (χ3n) is 2.49. The Morgan fingerprint density at radius 1 is 1.40 bits per heavy atom. The van der Waals surface area contributed by atoms with Crippen LogP contribution in [0, 0.1) is 0 Å². The molecule has 2 heteroatoms. The van der Waals surface area contributed by atoms with Crippen molar-refractivity contribution in [1.29, 1.82) is 0 Å². The Bertz CT molecular complexity index is 417. The van der Waals surface area contributed by atoms with Crippen LogP contribution < -0.4 is 4.74 Å². The summed E-state index contributed by atoms with van der Waals surface area (Å²) in [6, 6.07) is 5.38. The van der Waals surface area contributed by atoms with Gasteiger partial charge in [0.25, 0.3) is 0 Å². The van der Waals surface area contributed by atoms with Gasteiger partial charge in [-0.1, -0.05) is 24.3 Å². The lowest BCUT2D eigenvalue weighted by Crippen LogP contribution is -1.84. The van der Waals surface area contributed by atoms with Crippen LogP contribution in [0.5, 0.6) is 11.5 Å². The molecule has 1 aromatic rings. The molecular weight excluding hydrogens is 188 g/mol. The van der Waals surface area contributed by atoms with Gasteiger partial charge in [-0.3, -0.25) is 0 Å². The van der Waals surface area contributed by atoms with Gasteiger partial charge in [0.2, 0.25) is 0 Å². The number of aromatic hydroxyl groups is 1. The van der Waals surface area contributed by atoms with Gasteiger partial charge in [-0.25, -0.2) is 0 Å². The van der Waals surface area contributed by atoms with Crippen molar-refractivity contribution in [1.82, 2.24) is 0 Å². The number of phenolic OH excluding ortho intramolecular Hbond substituents is 1. The van der Waals surface area contributed by atoms with E-state index in [4.69, 9.17) is 4.74 Å². The standard InChI is InChI=1S/C13H14O2/c1-15-13-9-11(6-7-12(13)14)8-10-4-2-3-5-10/h2,4,6-9,14H,3,5H2,1H3/b10-8-. The van der Waals surface area contributed by atoms with Gasteiger partial charge in [-0.15, -0.1) is 0 Å². The zero-order valence-corrected chi connectivity index (χ0v) is 8.73. The summed E-state index contributed by atoms with van der Waals surface area (Å²) in [7, 11) is 1.56. The number of phenols is 1. The summed E-state index contributed by atoms with van der Waals surface area (Å²) < 4.78 is 5.05. The smallest absolute Gasteiger partial charge is 0.161 e. The zero-order chi connectivity index (χ0) is 10.7. The molecule has 0 heterocycles. The van der Waals surface area contributed by atoms with E-state index in [0.717, 1.165) is 18.4 Å². The van der Waals surface area contributed by atoms with E-state index in [-0.39, 0.29) is 5.75 Å². The second kappa shape index (κ2) is 4.22. The number of ether oxygens (including phenoxy) is 1. The third kappa shape index (κ3) is 2.21. The molecule has 0 saturated heterocycles. The summed E-state index contributed by atoms with van der Waals surface area (Å²) in [5.41, 5.74) is 2.38. The second-order valence-corrected chi connectivity index (χ2v) is 3.59. The quantitative estimate of drug-likeness (QED) is 0.798. The average Bonchev–Trinajstić information content (AvgIpc) is 2.73. The van der Waals surface area contributed by atoms with E-state index < -0.39 is 0 Å². The number of benzene rings is 1. The number of allylic oxidation sites excluding steroid dienone is 3. The van der Waals surface area contributed by atoms with Crippen molar-refractivity contribution in [3.8, 4) is 11.5 Å². The van der Waals surface area contributed by atoms with Gasteiger partial charge in [0.1, 0.15) is 0 Å². The minimum atomic E-state index is 0.182. The van der Waals surface area contributed by atoms with Crippen LogP contribution >= 0.6 is 0 Å². The predicted molar refractivity (Wildman–Crippen MR) is 61.0 cm³/mol. The van der Waals surface area contributed by atoms with Crippen LogP contribution in [0.25, 0.3) is 6.08 Å². The molecule has 15 heavy (non-hydrogen) atoms. The first-order valence-corrected chi connectivity index (χ1v) is 5.04. The summed E-state index contributed by atoms with van der Waals surface area (Å²) in [5.74, 6) is 0.702. The van der Waals surface area contributed by atoms with Crippen LogP contribution in [0.15, 0.2) is 35.9 Å². The van der Waals surface area contributed by atoms with Gasteiger partial charge in [0.05, 0.1) is 7.11 Å². The Balaban J connectivity index is 2.29. The highest BCUT2D eigenvalue weighted by molar-refractivity contribution is 5.60. The number of hydrogen-bond donors (Lipinski definition) is 1. The lowest BCUT2D eigenvalue weighted by Gasteiger charge is -2.04. The molecule has 1 aliphatic carbocycles. The van der Waals surface area contributed by atoms with Gasteiger partial charge in [0.15, 0.2) is 11.5 Å². The minimum Gasteiger partial charge on any atom is -0.504 e. The molecule has 1 aliphatic rings. The van der Waals surface area contributed by atoms with E-state index >= 15 is 0 Å². The van der Waals surface area contributed by atoms with Gasteiger partial charge >= 0.3 is 0 Å². The van der Waals surface area contributed by atoms with Crippen LogP contribution in [-0.4, -0.2) is 12.2 Å². The predicted octanol–water partition coefficient (Wildman–Crippen LogP) is 3.13. The normalized spacial score (nSPS) is 17.3. The average molecular weight is 202 g/mol. The molecule has 0 aliphatic heterocycles. The van der Waals surface area contributed by atoms with Crippen LogP contribution in [-0.2, 0) is 0 Å². The fraction of sp³-hybridized carbons (Fsp3) is 0.231. The van der Waals surface area contributed by atoms with E-state index in [1.54, 1.807) is 13.2 Å². The molecule has 2 rings (SSSR count). The summed E-state index contributed by atoms with van der Waals surface area (Å²) >= 11 is 0. The van der Waals surface area contributed by atoms with Gasteiger partial charge in [-0.05, 0) is 36.1 Å². The molecular formula is C13H14O2. The lowest BCUT2D eigenvalue weighted by atomic mass is 10.1. The zero-order valence-electron chi connectivity index (χ0n) is 8.73. The summed E-state index contributed by atoms with van der Waals surface area (Å²) in [4.78, 5) is 0. The molecule has 0 aromatic heterocycles. The first-order chi connectivity index (χ1) is 7.29. The van der Waals surface area contributed by atoms with Crippen molar-refractivity contribution < 1.29 is 9.84 Å². The summed E-state index contributed by atoms with van der Waals surface area (Å²) in [6.45, 7) is 0. The SMILES string of the molecule is COc1cc(/C=C2/C=CCC2)ccc1O. The molecule has 78 valence electrons. The van der Waals surface area contributed by atoms with Gasteiger partial charge in [-0.2, -0.15) is 0 Å². The second-order valence-electron chi connectivity index (χ2n) is 3.59. The highest BCUT2D eigenvalue weighted by Crippen LogP contribution is 2.28. The van der Waals surface area contributed by atoms with Crippen molar-refractivity contribution in [3.05, 3.63) is 41.5 Å². The fourth-order valence-electron chi connectivity index (χ4n) is 1.69. The molecule has 1 N–H and O–H groups in total. The van der Waals surface area contributed by atoms with Crippen LogP contribution in [0.3, 0.4) is 0 Å². The molecule has 0 fully saturated rings. The largest absolute Gasteiger partial charge is 0.504 e. The maximum atomic E-state index is 9.44. The molecule has 0 unspecified atom stereocenters. The molecule has 0 atom stereocenters. The van der Waals surface area contributed by atoms with Crippen molar-refractivity contribution in [2.24, 2.45) is 0 Å². The number of hydrogen-bond acceptors (Lipinski definition) is 2. The molecule has 1 aromatic carbocycles. The topological polar surface area (TPSA) is 29.5 Å². The van der Waals surface area contributed by atoms with Crippen LogP contribution in [0.1, 0.15) is 18.4 Å². The molecule has 0 amide bonds. The van der Waals surface area contributed by atoms with E-state index in [1.165, 1.54) is 5.57 Å². The van der Waals surface area contributed by atoms with E-state index in [1.807, 2.05) is 12.1 Å². The van der Waals surface area contributed by atoms with Crippen molar-refractivity contribution in [3.63, 3.8) is 0 Å². The molecule has 0 spiro atoms. The highest BCUT2D eigenvalue weighted by atomic mass is 16.5. The van der Waals surface area contributed by atoms with Gasteiger partial charge in [0, 0.05) is 0 Å². The van der Waals surface area contributed by atoms with E-state index in [2.05, 4.69) is 18.2 Å². The Morgan fingerprint density at radius 3 is 2.93 bits per heavy atom. The van der Waals surface area contributed by atoms with Crippen molar-refractivity contribution >= 4 is 6.08 Å². The monoisotopic (exact) mass is 202 g/mol.